The Morgan fingerprint density at radius 2 is 1.75 bits per heavy atom. The molecule has 61 heavy (non-hydrogen) atoms. The van der Waals surface area contributed by atoms with E-state index in [9.17, 15) is 35.1 Å². The number of hydrogen-bond acceptors (Lipinski definition) is 16. The molecule has 4 rings (SSSR count). The summed E-state index contributed by atoms with van der Waals surface area (Å²) in [5.74, 6) is -3.26. The molecule has 1 unspecified atom stereocenters. The van der Waals surface area contributed by atoms with Crippen LogP contribution in [0.2, 0.25) is 0 Å². The summed E-state index contributed by atoms with van der Waals surface area (Å²) in [6, 6.07) is 7.09. The number of unbranched alkanes of at least 4 members (excludes halogenated alkanes) is 2. The van der Waals surface area contributed by atoms with Crippen molar-refractivity contribution in [1.82, 2.24) is 20.3 Å². The van der Waals surface area contributed by atoms with E-state index in [-0.39, 0.29) is 43.2 Å². The molecule has 1 aromatic rings. The average Bonchev–Trinajstić information content (AvgIpc) is 3.69. The molecule has 0 radical (unpaired) electrons. The molecule has 0 aromatic heterocycles. The minimum absolute atomic E-state index is 0.128. The van der Waals surface area contributed by atoms with Gasteiger partial charge in [-0.15, -0.1) is 0 Å². The third-order valence-electron chi connectivity index (χ3n) is 13.3. The molecule has 0 aliphatic carbocycles. The summed E-state index contributed by atoms with van der Waals surface area (Å²) in [5.41, 5.74) is 0.335. The minimum atomic E-state index is -1.79. The first-order valence-electron chi connectivity index (χ1n) is 22.2. The number of carbonyl (C=O) groups excluding carboxylic acids is 2. The summed E-state index contributed by atoms with van der Waals surface area (Å²) < 4.78 is 18.7. The number of nitrogens with one attached hydrogen (secondary N) is 1. The number of aliphatic hydroxyl groups is 5. The Hall–Kier alpha value is -2.84. The first kappa shape index (κ1) is 50.8. The fraction of sp³-hybridized carbons (Fsp3) is 0.818. The van der Waals surface area contributed by atoms with Crippen molar-refractivity contribution in [3.8, 4) is 0 Å². The summed E-state index contributed by atoms with van der Waals surface area (Å²) in [6.45, 7) is 16.0. The lowest BCUT2D eigenvalue weighted by atomic mass is 9.78. The first-order chi connectivity index (χ1) is 28.6. The lowest BCUT2D eigenvalue weighted by molar-refractivity contribution is -0.300. The Balaban J connectivity index is 1.49. The van der Waals surface area contributed by atoms with Gasteiger partial charge in [0.15, 0.2) is 6.29 Å². The summed E-state index contributed by atoms with van der Waals surface area (Å²) in [7, 11) is 3.77. The Labute approximate surface area is 362 Å². The zero-order valence-electron chi connectivity index (χ0n) is 38.1. The van der Waals surface area contributed by atoms with Crippen molar-refractivity contribution in [2.45, 2.75) is 179 Å². The zero-order valence-corrected chi connectivity index (χ0v) is 38.1. The molecule has 7 N–H and O–H groups in total. The highest BCUT2D eigenvalue weighted by atomic mass is 16.7. The van der Waals surface area contributed by atoms with Crippen molar-refractivity contribution >= 4 is 11.9 Å². The van der Waals surface area contributed by atoms with Crippen molar-refractivity contribution in [1.29, 1.82) is 0 Å². The van der Waals surface area contributed by atoms with E-state index in [2.05, 4.69) is 21.3 Å². The van der Waals surface area contributed by atoms with Gasteiger partial charge in [-0.2, -0.15) is 5.11 Å². The van der Waals surface area contributed by atoms with Crippen molar-refractivity contribution in [3.63, 3.8) is 0 Å². The SMILES string of the molecule is CC[C@H]1OC(=O)[C@H](C)[C@@H](O)[C@H](C)[C@@H](O[C@@H]2O[C@H](C)C[C@H](N(C)Cc3cccc(C4CN(CCCCCC(=O)NO)N=N4)c3)[C@@H]2O)[C@](C)(O)C[C@@H](C)CN(C)[C@H](C)[C@@H](O)[C@]1(C)O. The van der Waals surface area contributed by atoms with E-state index in [4.69, 9.17) is 19.4 Å². The van der Waals surface area contributed by atoms with Gasteiger partial charge in [-0.3, -0.25) is 24.7 Å². The van der Waals surface area contributed by atoms with Gasteiger partial charge in [0, 0.05) is 44.1 Å². The fourth-order valence-electron chi connectivity index (χ4n) is 9.49. The maximum absolute atomic E-state index is 13.6. The molecule has 1 amide bonds. The average molecular weight is 865 g/mol. The smallest absolute Gasteiger partial charge is 0.311 e. The normalized spacial score (nSPS) is 38.5. The number of nitrogens with zero attached hydrogens (tertiary/aromatic N) is 5. The van der Waals surface area contributed by atoms with Crippen molar-refractivity contribution in [2.75, 3.05) is 33.7 Å². The second-order valence-corrected chi connectivity index (χ2v) is 18.8. The monoisotopic (exact) mass is 865 g/mol. The van der Waals surface area contributed by atoms with E-state index < -0.39 is 77.9 Å². The molecule has 0 spiro atoms. The Morgan fingerprint density at radius 3 is 2.43 bits per heavy atom. The minimum Gasteiger partial charge on any atom is -0.459 e. The van der Waals surface area contributed by atoms with Crippen LogP contribution in [0.25, 0.3) is 0 Å². The lowest BCUT2D eigenvalue weighted by Gasteiger charge is -2.47. The quantitative estimate of drug-likeness (QED) is 0.0654. The van der Waals surface area contributed by atoms with Gasteiger partial charge in [0.05, 0.1) is 36.4 Å². The zero-order chi connectivity index (χ0) is 45.4. The standard InChI is InChI=1S/C44H76N6O11/c1-11-35-44(8,57)39(54)30(6)48(9)23-26(2)22-43(7,56)40(28(4)37(52)29(5)41(55)60-35)61-42-38(53)34(20-27(3)59-42)49(10)24-31-16-15-17-32(21-31)33-25-50(47-45-33)19-14-12-13-18-36(51)46-58/h15-17,21,26-30,33-35,37-40,42,52-54,56-58H,11-14,18-20,22-25H2,1-10H3,(H,46,51)/t26-,27-,28+,29-,30-,33?,34+,35-,37+,38+,39-,40-,42+,43-,44-/m1/s1. The Morgan fingerprint density at radius 1 is 1.05 bits per heavy atom. The van der Waals surface area contributed by atoms with Crippen LogP contribution in [0, 0.1) is 17.8 Å². The Kier molecular flexibility index (Phi) is 18.5. The number of likely N-dealkylation sites (N-methyl/N-ethyl adjacent to an activating group) is 2. The summed E-state index contributed by atoms with van der Waals surface area (Å²) in [5, 5.41) is 78.4. The van der Waals surface area contributed by atoms with Crippen LogP contribution in [0.1, 0.15) is 118 Å². The van der Waals surface area contributed by atoms with Crippen LogP contribution in [0.15, 0.2) is 34.6 Å². The number of rotatable bonds is 13. The molecule has 17 heteroatoms. The van der Waals surface area contributed by atoms with E-state index in [0.29, 0.717) is 32.5 Å². The van der Waals surface area contributed by atoms with Gasteiger partial charge >= 0.3 is 5.97 Å². The van der Waals surface area contributed by atoms with E-state index in [0.717, 1.165) is 30.5 Å². The number of cyclic esters (lactones) is 1. The molecular formula is C44H76N6O11. The molecule has 3 aliphatic rings. The molecule has 17 nitrogen and oxygen atoms in total. The molecule has 1 aromatic carbocycles. The first-order valence-corrected chi connectivity index (χ1v) is 22.2. The highest BCUT2D eigenvalue weighted by Gasteiger charge is 2.50. The lowest BCUT2D eigenvalue weighted by Crippen LogP contribution is -2.59. The molecule has 0 saturated carbocycles. The van der Waals surface area contributed by atoms with Gasteiger partial charge in [-0.1, -0.05) is 56.7 Å². The number of esters is 1. The Bertz CT molecular complexity index is 1590. The molecule has 15 atom stereocenters. The molecule has 2 saturated heterocycles. The third-order valence-corrected chi connectivity index (χ3v) is 13.3. The number of ether oxygens (including phenoxy) is 3. The number of benzene rings is 1. The van der Waals surface area contributed by atoms with Crippen LogP contribution in [0.4, 0.5) is 0 Å². The maximum Gasteiger partial charge on any atom is 0.311 e. The van der Waals surface area contributed by atoms with Gasteiger partial charge in [0.25, 0.3) is 0 Å². The second-order valence-electron chi connectivity index (χ2n) is 18.8. The summed E-state index contributed by atoms with van der Waals surface area (Å²) in [4.78, 5) is 28.8. The van der Waals surface area contributed by atoms with E-state index in [1.54, 1.807) is 33.2 Å². The molecule has 3 heterocycles. The van der Waals surface area contributed by atoms with Gasteiger partial charge in [-0.25, -0.2) is 5.48 Å². The van der Waals surface area contributed by atoms with Gasteiger partial charge < -0.3 is 44.6 Å². The molecule has 3 aliphatic heterocycles. The number of hydroxylamine groups is 1. The van der Waals surface area contributed by atoms with Crippen LogP contribution >= 0.6 is 0 Å². The highest BCUT2D eigenvalue weighted by molar-refractivity contribution is 5.74. The van der Waals surface area contributed by atoms with Gasteiger partial charge in [-0.05, 0) is 97.9 Å². The van der Waals surface area contributed by atoms with Crippen LogP contribution in [-0.2, 0) is 30.3 Å². The van der Waals surface area contributed by atoms with Crippen LogP contribution in [-0.4, -0.2) is 157 Å². The molecule has 348 valence electrons. The van der Waals surface area contributed by atoms with Gasteiger partial charge in [0.1, 0.15) is 30.0 Å². The number of hydrogen-bond donors (Lipinski definition) is 7. The fourth-order valence-corrected chi connectivity index (χ4v) is 9.49. The molecule has 2 fully saturated rings. The summed E-state index contributed by atoms with van der Waals surface area (Å²) in [6.07, 6.45) is -3.87. The molecule has 0 bridgehead atoms. The predicted octanol–water partition coefficient (Wildman–Crippen LogP) is 3.34. The number of amides is 1. The highest BCUT2D eigenvalue weighted by Crippen LogP contribution is 2.37. The predicted molar refractivity (Wildman–Crippen MR) is 227 cm³/mol. The van der Waals surface area contributed by atoms with Crippen LogP contribution in [0.5, 0.6) is 0 Å². The van der Waals surface area contributed by atoms with E-state index >= 15 is 0 Å². The van der Waals surface area contributed by atoms with Crippen LogP contribution in [0.3, 0.4) is 0 Å². The van der Waals surface area contributed by atoms with Crippen LogP contribution < -0.4 is 5.48 Å². The maximum atomic E-state index is 13.6. The van der Waals surface area contributed by atoms with Gasteiger partial charge in [0.2, 0.25) is 5.91 Å². The van der Waals surface area contributed by atoms with E-state index in [1.807, 2.05) is 56.1 Å². The number of carbonyl (C=O) groups is 2. The second kappa shape index (κ2) is 22.2. The largest absolute Gasteiger partial charge is 0.459 e. The van der Waals surface area contributed by atoms with E-state index in [1.165, 1.54) is 13.8 Å². The third kappa shape index (κ3) is 13.1. The summed E-state index contributed by atoms with van der Waals surface area (Å²) >= 11 is 0. The number of aliphatic hydroxyl groups excluding tert-OH is 3. The van der Waals surface area contributed by atoms with Crippen molar-refractivity contribution in [2.24, 2.45) is 28.1 Å². The van der Waals surface area contributed by atoms with Crippen molar-refractivity contribution < 1.29 is 54.5 Å². The van der Waals surface area contributed by atoms with Crippen molar-refractivity contribution in [3.05, 3.63) is 35.4 Å². The topological polar surface area (TPSA) is 230 Å². The molecular weight excluding hydrogens is 789 g/mol.